The Hall–Kier alpha value is -1.03. The number of nitrogens with one attached hydrogen (secondary N) is 1. The number of ether oxygens (including phenoxy) is 1. The number of carbonyl (C=O) groups excluding carboxylic acids is 1. The van der Waals surface area contributed by atoms with Gasteiger partial charge in [-0.15, -0.1) is 0 Å². The molecule has 70 valence electrons. The van der Waals surface area contributed by atoms with Crippen LogP contribution < -0.4 is 11.1 Å². The van der Waals surface area contributed by atoms with E-state index in [0.717, 1.165) is 5.70 Å². The summed E-state index contributed by atoms with van der Waals surface area (Å²) in [5.41, 5.74) is 6.04. The Kier molecular flexibility index (Phi) is 6.09. The van der Waals surface area contributed by atoms with Crippen LogP contribution in [0.15, 0.2) is 11.8 Å². The molecule has 0 aromatic heterocycles. The number of esters is 1. The number of hydrogen-bond acceptors (Lipinski definition) is 4. The van der Waals surface area contributed by atoms with Crippen LogP contribution in [0.2, 0.25) is 0 Å². The summed E-state index contributed by atoms with van der Waals surface area (Å²) < 4.78 is 4.71. The summed E-state index contributed by atoms with van der Waals surface area (Å²) in [6.45, 7) is 5.19. The van der Waals surface area contributed by atoms with Gasteiger partial charge in [-0.05, 0) is 13.8 Å². The average molecular weight is 172 g/mol. The fourth-order valence-electron chi connectivity index (χ4n) is 0.681. The molecule has 0 spiro atoms. The van der Waals surface area contributed by atoms with E-state index >= 15 is 0 Å². The second kappa shape index (κ2) is 6.67. The Bertz CT molecular complexity index is 166. The highest BCUT2D eigenvalue weighted by Gasteiger charge is 1.96. The number of rotatable bonds is 5. The normalized spacial score (nSPS) is 11.1. The van der Waals surface area contributed by atoms with E-state index in [2.05, 4.69) is 5.32 Å². The van der Waals surface area contributed by atoms with Crippen LogP contribution in [0.1, 0.15) is 13.8 Å². The van der Waals surface area contributed by atoms with Gasteiger partial charge in [0.2, 0.25) is 0 Å². The summed E-state index contributed by atoms with van der Waals surface area (Å²) in [4.78, 5) is 10.8. The van der Waals surface area contributed by atoms with Gasteiger partial charge in [-0.1, -0.05) is 0 Å². The topological polar surface area (TPSA) is 64.3 Å². The van der Waals surface area contributed by atoms with Crippen molar-refractivity contribution >= 4 is 5.97 Å². The van der Waals surface area contributed by atoms with Gasteiger partial charge in [0.25, 0.3) is 0 Å². The zero-order valence-corrected chi connectivity index (χ0v) is 7.59. The van der Waals surface area contributed by atoms with Crippen molar-refractivity contribution in [1.82, 2.24) is 5.32 Å². The van der Waals surface area contributed by atoms with Gasteiger partial charge >= 0.3 is 5.97 Å². The van der Waals surface area contributed by atoms with Gasteiger partial charge in [0.15, 0.2) is 0 Å². The highest BCUT2D eigenvalue weighted by atomic mass is 16.5. The molecule has 0 aromatic carbocycles. The molecule has 0 bridgehead atoms. The van der Waals surface area contributed by atoms with E-state index in [1.165, 1.54) is 6.08 Å². The molecule has 0 saturated carbocycles. The van der Waals surface area contributed by atoms with E-state index in [0.29, 0.717) is 19.7 Å². The van der Waals surface area contributed by atoms with Crippen molar-refractivity contribution in [2.45, 2.75) is 13.8 Å². The zero-order chi connectivity index (χ0) is 9.40. The minimum atomic E-state index is -0.320. The van der Waals surface area contributed by atoms with Crippen LogP contribution in [0.4, 0.5) is 0 Å². The van der Waals surface area contributed by atoms with Crippen LogP contribution in [0.25, 0.3) is 0 Å². The summed E-state index contributed by atoms with van der Waals surface area (Å²) in [6, 6.07) is 0. The Morgan fingerprint density at radius 3 is 2.83 bits per heavy atom. The van der Waals surface area contributed by atoms with E-state index < -0.39 is 0 Å². The van der Waals surface area contributed by atoms with Crippen LogP contribution in [0.5, 0.6) is 0 Å². The summed E-state index contributed by atoms with van der Waals surface area (Å²) in [5, 5.41) is 2.96. The maximum absolute atomic E-state index is 10.8. The van der Waals surface area contributed by atoms with Crippen LogP contribution in [0.3, 0.4) is 0 Å². The highest BCUT2D eigenvalue weighted by Crippen LogP contribution is 1.88. The minimum absolute atomic E-state index is 0.320. The Labute approximate surface area is 72.8 Å². The summed E-state index contributed by atoms with van der Waals surface area (Å²) >= 11 is 0. The quantitative estimate of drug-likeness (QED) is 0.452. The Balaban J connectivity index is 3.72. The van der Waals surface area contributed by atoms with Crippen LogP contribution in [0, 0.1) is 0 Å². The molecule has 0 radical (unpaired) electrons. The molecule has 0 fully saturated rings. The lowest BCUT2D eigenvalue weighted by Crippen LogP contribution is -2.21. The molecule has 3 N–H and O–H groups in total. The fraction of sp³-hybridized carbons (Fsp3) is 0.625. The molecular weight excluding hydrogens is 156 g/mol. The van der Waals surface area contributed by atoms with E-state index in [9.17, 15) is 4.79 Å². The zero-order valence-electron chi connectivity index (χ0n) is 7.59. The standard InChI is InChI=1S/C8H16N2O2/c1-3-12-8(11)6-7(2)10-5-4-9/h6,10H,3-5,9H2,1-2H3/b7-6+. The maximum Gasteiger partial charge on any atom is 0.332 e. The van der Waals surface area contributed by atoms with E-state index in [1.807, 2.05) is 0 Å². The predicted octanol–water partition coefficient (Wildman–Crippen LogP) is 0.00160. The van der Waals surface area contributed by atoms with E-state index in [1.54, 1.807) is 13.8 Å². The molecule has 0 aromatic rings. The van der Waals surface area contributed by atoms with Gasteiger partial charge in [-0.2, -0.15) is 0 Å². The van der Waals surface area contributed by atoms with Gasteiger partial charge in [0, 0.05) is 24.9 Å². The van der Waals surface area contributed by atoms with Crippen molar-refractivity contribution in [2.75, 3.05) is 19.7 Å². The molecule has 0 rings (SSSR count). The lowest BCUT2D eigenvalue weighted by atomic mass is 10.4. The third kappa shape index (κ3) is 5.73. The predicted molar refractivity (Wildman–Crippen MR) is 47.4 cm³/mol. The van der Waals surface area contributed by atoms with Gasteiger partial charge in [0.1, 0.15) is 0 Å². The van der Waals surface area contributed by atoms with E-state index in [4.69, 9.17) is 10.5 Å². The molecule has 0 unspecified atom stereocenters. The smallest absolute Gasteiger partial charge is 0.332 e. The third-order valence-electron chi connectivity index (χ3n) is 1.17. The summed E-state index contributed by atoms with van der Waals surface area (Å²) in [6.07, 6.45) is 1.42. The van der Waals surface area contributed by atoms with Crippen molar-refractivity contribution in [2.24, 2.45) is 5.73 Å². The first-order valence-corrected chi connectivity index (χ1v) is 3.99. The average Bonchev–Trinajstić information content (AvgIpc) is 2.01. The van der Waals surface area contributed by atoms with Crippen molar-refractivity contribution < 1.29 is 9.53 Å². The monoisotopic (exact) mass is 172 g/mol. The van der Waals surface area contributed by atoms with Crippen LogP contribution in [-0.2, 0) is 9.53 Å². The molecule has 0 atom stereocenters. The van der Waals surface area contributed by atoms with Gasteiger partial charge in [0.05, 0.1) is 6.61 Å². The number of hydrogen-bond donors (Lipinski definition) is 2. The molecule has 0 aliphatic heterocycles. The first kappa shape index (κ1) is 11.0. The lowest BCUT2D eigenvalue weighted by Gasteiger charge is -2.03. The molecule has 0 saturated heterocycles. The van der Waals surface area contributed by atoms with Crippen molar-refractivity contribution in [3.63, 3.8) is 0 Å². The van der Waals surface area contributed by atoms with Crippen LogP contribution >= 0.6 is 0 Å². The molecule has 4 heteroatoms. The van der Waals surface area contributed by atoms with Crippen molar-refractivity contribution in [3.8, 4) is 0 Å². The Morgan fingerprint density at radius 2 is 2.33 bits per heavy atom. The summed E-state index contributed by atoms with van der Waals surface area (Å²) in [5.74, 6) is -0.320. The largest absolute Gasteiger partial charge is 0.463 e. The number of allylic oxidation sites excluding steroid dienone is 1. The minimum Gasteiger partial charge on any atom is -0.463 e. The van der Waals surface area contributed by atoms with E-state index in [-0.39, 0.29) is 5.97 Å². The Morgan fingerprint density at radius 1 is 1.67 bits per heavy atom. The van der Waals surface area contributed by atoms with Crippen molar-refractivity contribution in [3.05, 3.63) is 11.8 Å². The van der Waals surface area contributed by atoms with Crippen LogP contribution in [-0.4, -0.2) is 25.7 Å². The molecule has 4 nitrogen and oxygen atoms in total. The fourth-order valence-corrected chi connectivity index (χ4v) is 0.681. The maximum atomic E-state index is 10.8. The summed E-state index contributed by atoms with van der Waals surface area (Å²) in [7, 11) is 0. The first-order valence-electron chi connectivity index (χ1n) is 3.99. The second-order valence-electron chi connectivity index (χ2n) is 2.29. The molecule has 0 aliphatic rings. The molecule has 0 aliphatic carbocycles. The van der Waals surface area contributed by atoms with Gasteiger partial charge in [-0.3, -0.25) is 0 Å². The number of nitrogens with two attached hydrogens (primary N) is 1. The molecular formula is C8H16N2O2. The van der Waals surface area contributed by atoms with Crippen molar-refractivity contribution in [1.29, 1.82) is 0 Å². The second-order valence-corrected chi connectivity index (χ2v) is 2.29. The van der Waals surface area contributed by atoms with Gasteiger partial charge in [-0.25, -0.2) is 4.79 Å². The van der Waals surface area contributed by atoms with Gasteiger partial charge < -0.3 is 15.8 Å². The molecule has 0 heterocycles. The number of carbonyl (C=O) groups is 1. The lowest BCUT2D eigenvalue weighted by molar-refractivity contribution is -0.137. The third-order valence-corrected chi connectivity index (χ3v) is 1.17. The highest BCUT2D eigenvalue weighted by molar-refractivity contribution is 5.82. The molecule has 12 heavy (non-hydrogen) atoms. The SMILES string of the molecule is CCOC(=O)/C=C(\C)NCCN. The first-order chi connectivity index (χ1) is 5.70. The molecule has 0 amide bonds.